The Balaban J connectivity index is 1.40. The summed E-state index contributed by atoms with van der Waals surface area (Å²) in [5, 5.41) is 5.30. The van der Waals surface area contributed by atoms with Crippen molar-refractivity contribution in [2.75, 3.05) is 52.4 Å². The van der Waals surface area contributed by atoms with E-state index in [1.165, 1.54) is 6.07 Å². The standard InChI is InChI=1S/C23H32F3N5O3/c1-2-21(33)31-13-10-29(11-14-31)9-12-30-8-4-7-19(30)28-20(32)16-27-22(34)17-5-3-6-18(15-17)23(24,25)26/h3,5-6,15,19H,2,4,7-14,16H2,1H3,(H,27,34)(H,28,32). The summed E-state index contributed by atoms with van der Waals surface area (Å²) in [4.78, 5) is 42.8. The van der Waals surface area contributed by atoms with E-state index >= 15 is 0 Å². The zero-order valence-electron chi connectivity index (χ0n) is 19.4. The highest BCUT2D eigenvalue weighted by Gasteiger charge is 2.31. The van der Waals surface area contributed by atoms with Crippen molar-refractivity contribution < 1.29 is 27.6 Å². The molecular weight excluding hydrogens is 451 g/mol. The lowest BCUT2D eigenvalue weighted by Crippen LogP contribution is -2.52. The molecule has 3 rings (SSSR count). The van der Waals surface area contributed by atoms with E-state index in [9.17, 15) is 27.6 Å². The molecule has 0 bridgehead atoms. The van der Waals surface area contributed by atoms with Gasteiger partial charge in [0, 0.05) is 57.8 Å². The van der Waals surface area contributed by atoms with E-state index in [2.05, 4.69) is 20.4 Å². The first-order valence-corrected chi connectivity index (χ1v) is 11.7. The molecule has 2 N–H and O–H groups in total. The molecule has 11 heteroatoms. The van der Waals surface area contributed by atoms with Crippen LogP contribution in [0.25, 0.3) is 0 Å². The molecule has 1 aromatic rings. The summed E-state index contributed by atoms with van der Waals surface area (Å²) in [6.07, 6.45) is -2.41. The average Bonchev–Trinajstić information content (AvgIpc) is 3.27. The Morgan fingerprint density at radius 2 is 1.79 bits per heavy atom. The fourth-order valence-corrected chi connectivity index (χ4v) is 4.31. The molecule has 188 valence electrons. The Hall–Kier alpha value is -2.66. The Bertz CT molecular complexity index is 872. The fourth-order valence-electron chi connectivity index (χ4n) is 4.31. The van der Waals surface area contributed by atoms with Gasteiger partial charge in [-0.2, -0.15) is 13.2 Å². The van der Waals surface area contributed by atoms with Gasteiger partial charge in [-0.3, -0.25) is 24.2 Å². The molecule has 2 aliphatic heterocycles. The van der Waals surface area contributed by atoms with Crippen LogP contribution in [0.4, 0.5) is 13.2 Å². The largest absolute Gasteiger partial charge is 0.416 e. The summed E-state index contributed by atoms with van der Waals surface area (Å²) in [5.41, 5.74) is -1.06. The van der Waals surface area contributed by atoms with Crippen LogP contribution < -0.4 is 10.6 Å². The maximum absolute atomic E-state index is 12.8. The van der Waals surface area contributed by atoms with Gasteiger partial charge in [-0.25, -0.2) is 0 Å². The number of alkyl halides is 3. The van der Waals surface area contributed by atoms with Crippen molar-refractivity contribution in [1.29, 1.82) is 0 Å². The Labute approximate surface area is 197 Å². The van der Waals surface area contributed by atoms with Crippen molar-refractivity contribution in [2.24, 2.45) is 0 Å². The second kappa shape index (κ2) is 11.7. The molecule has 0 aliphatic carbocycles. The average molecular weight is 484 g/mol. The number of hydrogen-bond donors (Lipinski definition) is 2. The number of halogens is 3. The lowest BCUT2D eigenvalue weighted by molar-refractivity contribution is -0.137. The summed E-state index contributed by atoms with van der Waals surface area (Å²) in [7, 11) is 0. The number of rotatable bonds is 8. The van der Waals surface area contributed by atoms with E-state index in [4.69, 9.17) is 0 Å². The fraction of sp³-hybridized carbons (Fsp3) is 0.609. The normalized spacial score (nSPS) is 19.8. The van der Waals surface area contributed by atoms with Gasteiger partial charge in [0.25, 0.3) is 5.91 Å². The number of amides is 3. The van der Waals surface area contributed by atoms with Crippen LogP contribution in [0.5, 0.6) is 0 Å². The molecule has 0 spiro atoms. The Kier molecular flexibility index (Phi) is 8.90. The van der Waals surface area contributed by atoms with Crippen LogP contribution in [0.2, 0.25) is 0 Å². The molecule has 0 saturated carbocycles. The number of nitrogens with zero attached hydrogens (tertiary/aromatic N) is 3. The van der Waals surface area contributed by atoms with Gasteiger partial charge in [0.05, 0.1) is 18.3 Å². The van der Waals surface area contributed by atoms with E-state index in [0.29, 0.717) is 6.42 Å². The van der Waals surface area contributed by atoms with E-state index in [1.807, 2.05) is 11.8 Å². The van der Waals surface area contributed by atoms with Crippen molar-refractivity contribution in [1.82, 2.24) is 25.3 Å². The first-order valence-electron chi connectivity index (χ1n) is 11.7. The van der Waals surface area contributed by atoms with Crippen molar-refractivity contribution >= 4 is 17.7 Å². The first-order chi connectivity index (χ1) is 16.2. The van der Waals surface area contributed by atoms with Gasteiger partial charge in [-0.1, -0.05) is 13.0 Å². The predicted molar refractivity (Wildman–Crippen MR) is 120 cm³/mol. The monoisotopic (exact) mass is 483 g/mol. The number of likely N-dealkylation sites (tertiary alicyclic amines) is 1. The van der Waals surface area contributed by atoms with Gasteiger partial charge in [0.15, 0.2) is 0 Å². The van der Waals surface area contributed by atoms with Crippen LogP contribution in [0.15, 0.2) is 24.3 Å². The highest BCUT2D eigenvalue weighted by molar-refractivity contribution is 5.96. The quantitative estimate of drug-likeness (QED) is 0.586. The maximum Gasteiger partial charge on any atom is 0.416 e. The lowest BCUT2D eigenvalue weighted by atomic mass is 10.1. The van der Waals surface area contributed by atoms with Crippen LogP contribution >= 0.6 is 0 Å². The predicted octanol–water partition coefficient (Wildman–Crippen LogP) is 1.53. The minimum absolute atomic E-state index is 0.138. The minimum Gasteiger partial charge on any atom is -0.343 e. The van der Waals surface area contributed by atoms with Crippen molar-refractivity contribution in [3.63, 3.8) is 0 Å². The molecule has 8 nitrogen and oxygen atoms in total. The molecule has 2 saturated heterocycles. The smallest absolute Gasteiger partial charge is 0.343 e. The lowest BCUT2D eigenvalue weighted by Gasteiger charge is -2.36. The number of carbonyl (C=O) groups is 3. The third-order valence-corrected chi connectivity index (χ3v) is 6.28. The summed E-state index contributed by atoms with van der Waals surface area (Å²) in [6, 6.07) is 4.10. The Morgan fingerprint density at radius 1 is 1.06 bits per heavy atom. The SMILES string of the molecule is CCC(=O)N1CCN(CCN2CCCC2NC(=O)CNC(=O)c2cccc(C(F)(F)F)c2)CC1. The number of hydrogen-bond acceptors (Lipinski definition) is 5. The van der Waals surface area contributed by atoms with Crippen LogP contribution in [-0.4, -0.2) is 90.9 Å². The second-order valence-corrected chi connectivity index (χ2v) is 8.60. The maximum atomic E-state index is 12.8. The van der Waals surface area contributed by atoms with Crippen molar-refractivity contribution in [2.45, 2.75) is 38.5 Å². The molecule has 0 radical (unpaired) electrons. The summed E-state index contributed by atoms with van der Waals surface area (Å²) >= 11 is 0. The summed E-state index contributed by atoms with van der Waals surface area (Å²) in [5.74, 6) is -0.934. The van der Waals surface area contributed by atoms with Gasteiger partial charge < -0.3 is 15.5 Å². The van der Waals surface area contributed by atoms with E-state index in [-0.39, 0.29) is 30.1 Å². The summed E-state index contributed by atoms with van der Waals surface area (Å²) in [6.45, 7) is 7.17. The molecular formula is C23H32F3N5O3. The van der Waals surface area contributed by atoms with E-state index in [0.717, 1.165) is 76.9 Å². The molecule has 3 amide bonds. The third-order valence-electron chi connectivity index (χ3n) is 6.28. The van der Waals surface area contributed by atoms with Gasteiger partial charge in [0.2, 0.25) is 11.8 Å². The third kappa shape index (κ3) is 7.17. The zero-order chi connectivity index (χ0) is 24.7. The molecule has 34 heavy (non-hydrogen) atoms. The molecule has 1 atom stereocenters. The highest BCUT2D eigenvalue weighted by atomic mass is 19.4. The molecule has 0 aromatic heterocycles. The van der Waals surface area contributed by atoms with Crippen molar-refractivity contribution in [3.05, 3.63) is 35.4 Å². The van der Waals surface area contributed by atoms with Gasteiger partial charge in [-0.05, 0) is 31.0 Å². The highest BCUT2D eigenvalue weighted by Crippen LogP contribution is 2.29. The van der Waals surface area contributed by atoms with Crippen LogP contribution in [0, 0.1) is 0 Å². The number of piperazine rings is 1. The van der Waals surface area contributed by atoms with Crippen LogP contribution in [0.1, 0.15) is 42.1 Å². The molecule has 1 aromatic carbocycles. The van der Waals surface area contributed by atoms with Gasteiger partial charge in [0.1, 0.15) is 0 Å². The number of nitrogens with one attached hydrogen (secondary N) is 2. The van der Waals surface area contributed by atoms with E-state index < -0.39 is 17.6 Å². The van der Waals surface area contributed by atoms with E-state index in [1.54, 1.807) is 0 Å². The Morgan fingerprint density at radius 3 is 2.47 bits per heavy atom. The molecule has 2 aliphatic rings. The van der Waals surface area contributed by atoms with Crippen molar-refractivity contribution in [3.8, 4) is 0 Å². The zero-order valence-corrected chi connectivity index (χ0v) is 19.4. The first kappa shape index (κ1) is 26.0. The molecule has 2 heterocycles. The number of benzene rings is 1. The van der Waals surface area contributed by atoms with Gasteiger partial charge >= 0.3 is 6.18 Å². The van der Waals surface area contributed by atoms with Crippen LogP contribution in [-0.2, 0) is 15.8 Å². The summed E-state index contributed by atoms with van der Waals surface area (Å²) < 4.78 is 38.5. The van der Waals surface area contributed by atoms with Crippen LogP contribution in [0.3, 0.4) is 0 Å². The van der Waals surface area contributed by atoms with Gasteiger partial charge in [-0.15, -0.1) is 0 Å². The molecule has 2 fully saturated rings. The molecule has 1 unspecified atom stereocenters. The number of carbonyl (C=O) groups excluding carboxylic acids is 3. The second-order valence-electron chi connectivity index (χ2n) is 8.60. The topological polar surface area (TPSA) is 85.0 Å². The minimum atomic E-state index is -4.54.